The van der Waals surface area contributed by atoms with Gasteiger partial charge in [0.2, 0.25) is 0 Å². The van der Waals surface area contributed by atoms with E-state index in [1.807, 2.05) is 0 Å². The largest absolute Gasteiger partial charge is 0.505 e. The van der Waals surface area contributed by atoms with Crippen LogP contribution in [-0.4, -0.2) is 49.9 Å². The Hall–Kier alpha value is -1.64. The highest BCUT2D eigenvalue weighted by Crippen LogP contribution is 2.03. The Labute approximate surface area is 129 Å². The van der Waals surface area contributed by atoms with Gasteiger partial charge in [0.25, 0.3) is 6.29 Å². The first-order chi connectivity index (χ1) is 10.6. The molecule has 1 N–H and O–H groups in total. The lowest BCUT2D eigenvalue weighted by Gasteiger charge is -2.16. The zero-order valence-corrected chi connectivity index (χ0v) is 12.8. The standard InChI is InChI=1S/C14H24O8/c1-3-5-6-7-8-20-22-13(21-12(15)4-2)11-18-9-10-19-14(16)17/h4,13H,2-3,5-11H2,1H3,(H,16,17). The van der Waals surface area contributed by atoms with Crippen molar-refractivity contribution in [3.63, 3.8) is 0 Å². The second-order valence-corrected chi connectivity index (χ2v) is 4.24. The molecule has 0 aromatic rings. The molecule has 0 heterocycles. The highest BCUT2D eigenvalue weighted by Gasteiger charge is 2.15. The summed E-state index contributed by atoms with van der Waals surface area (Å²) in [6, 6.07) is 0. The molecular formula is C14H24O8. The average molecular weight is 320 g/mol. The zero-order chi connectivity index (χ0) is 16.6. The van der Waals surface area contributed by atoms with Crippen molar-refractivity contribution >= 4 is 12.1 Å². The van der Waals surface area contributed by atoms with Crippen molar-refractivity contribution < 1.29 is 38.7 Å². The molecule has 128 valence electrons. The SMILES string of the molecule is C=CC(=O)OC(COCCOC(=O)O)OOCCCCCC. The number of rotatable bonds is 14. The average Bonchev–Trinajstić information content (AvgIpc) is 2.49. The molecule has 0 spiro atoms. The lowest BCUT2D eigenvalue weighted by Crippen LogP contribution is -2.27. The van der Waals surface area contributed by atoms with Crippen LogP contribution in [0.1, 0.15) is 32.6 Å². The zero-order valence-electron chi connectivity index (χ0n) is 12.8. The number of hydrogen-bond acceptors (Lipinski definition) is 7. The fourth-order valence-electron chi connectivity index (χ4n) is 1.34. The van der Waals surface area contributed by atoms with E-state index in [0.29, 0.717) is 6.61 Å². The molecule has 0 aromatic heterocycles. The van der Waals surface area contributed by atoms with Crippen molar-refractivity contribution in [1.82, 2.24) is 0 Å². The van der Waals surface area contributed by atoms with Crippen LogP contribution in [0.3, 0.4) is 0 Å². The van der Waals surface area contributed by atoms with Crippen molar-refractivity contribution in [2.24, 2.45) is 0 Å². The maximum Gasteiger partial charge on any atom is 0.505 e. The second-order valence-electron chi connectivity index (χ2n) is 4.24. The normalized spacial score (nSPS) is 11.7. The summed E-state index contributed by atoms with van der Waals surface area (Å²) in [7, 11) is 0. The van der Waals surface area contributed by atoms with Gasteiger partial charge in [0.05, 0.1) is 13.2 Å². The number of unbranched alkanes of at least 4 members (excludes halogenated alkanes) is 3. The van der Waals surface area contributed by atoms with Crippen LogP contribution in [0.15, 0.2) is 12.7 Å². The van der Waals surface area contributed by atoms with E-state index < -0.39 is 18.4 Å². The van der Waals surface area contributed by atoms with Crippen molar-refractivity contribution in [1.29, 1.82) is 0 Å². The lowest BCUT2D eigenvalue weighted by molar-refractivity contribution is -0.376. The van der Waals surface area contributed by atoms with E-state index in [4.69, 9.17) is 24.4 Å². The number of esters is 1. The van der Waals surface area contributed by atoms with Crippen LogP contribution in [0.4, 0.5) is 4.79 Å². The van der Waals surface area contributed by atoms with Crippen molar-refractivity contribution in [3.05, 3.63) is 12.7 Å². The highest BCUT2D eigenvalue weighted by molar-refractivity contribution is 5.81. The fraction of sp³-hybridized carbons (Fsp3) is 0.714. The Morgan fingerprint density at radius 2 is 1.95 bits per heavy atom. The van der Waals surface area contributed by atoms with E-state index in [2.05, 4.69) is 18.2 Å². The lowest BCUT2D eigenvalue weighted by atomic mass is 10.2. The topological polar surface area (TPSA) is 101 Å². The second kappa shape index (κ2) is 14.3. The quantitative estimate of drug-likeness (QED) is 0.130. The number of ether oxygens (including phenoxy) is 3. The van der Waals surface area contributed by atoms with Gasteiger partial charge >= 0.3 is 12.1 Å². The number of hydrogen-bond donors (Lipinski definition) is 1. The van der Waals surface area contributed by atoms with Crippen LogP contribution in [0, 0.1) is 0 Å². The molecule has 1 atom stereocenters. The summed E-state index contributed by atoms with van der Waals surface area (Å²) < 4.78 is 14.2. The minimum Gasteiger partial charge on any atom is -0.450 e. The molecule has 0 fully saturated rings. The van der Waals surface area contributed by atoms with Gasteiger partial charge in [-0.2, -0.15) is 4.89 Å². The number of carbonyl (C=O) groups excluding carboxylic acids is 1. The van der Waals surface area contributed by atoms with Gasteiger partial charge in [-0.05, 0) is 6.42 Å². The van der Waals surface area contributed by atoms with Crippen LogP contribution in [0.25, 0.3) is 0 Å². The Morgan fingerprint density at radius 3 is 2.59 bits per heavy atom. The molecule has 0 aliphatic carbocycles. The molecule has 0 amide bonds. The molecule has 1 unspecified atom stereocenters. The van der Waals surface area contributed by atoms with Gasteiger partial charge in [0, 0.05) is 6.08 Å². The Morgan fingerprint density at radius 1 is 1.18 bits per heavy atom. The van der Waals surface area contributed by atoms with Gasteiger partial charge in [-0.1, -0.05) is 32.8 Å². The molecule has 0 bridgehead atoms. The van der Waals surface area contributed by atoms with Gasteiger partial charge in [0.15, 0.2) is 0 Å². The van der Waals surface area contributed by atoms with E-state index in [-0.39, 0.29) is 19.8 Å². The van der Waals surface area contributed by atoms with Gasteiger partial charge in [-0.3, -0.25) is 0 Å². The maximum absolute atomic E-state index is 11.1. The maximum atomic E-state index is 11.1. The minimum atomic E-state index is -1.38. The molecule has 8 nitrogen and oxygen atoms in total. The molecule has 0 radical (unpaired) electrons. The summed E-state index contributed by atoms with van der Waals surface area (Å²) in [4.78, 5) is 31.2. The van der Waals surface area contributed by atoms with Gasteiger partial charge in [0.1, 0.15) is 13.2 Å². The predicted octanol–water partition coefficient (Wildman–Crippen LogP) is 2.28. The molecule has 0 rings (SSSR count). The molecule has 0 aliphatic rings. The smallest absolute Gasteiger partial charge is 0.450 e. The molecule has 0 aromatic carbocycles. The Kier molecular flexibility index (Phi) is 13.2. The van der Waals surface area contributed by atoms with Crippen LogP contribution in [-0.2, 0) is 28.8 Å². The van der Waals surface area contributed by atoms with Crippen LogP contribution >= 0.6 is 0 Å². The molecule has 22 heavy (non-hydrogen) atoms. The molecule has 8 heteroatoms. The first-order valence-corrected chi connectivity index (χ1v) is 7.15. The highest BCUT2D eigenvalue weighted by atomic mass is 17.2. The van der Waals surface area contributed by atoms with Crippen LogP contribution in [0.2, 0.25) is 0 Å². The van der Waals surface area contributed by atoms with E-state index >= 15 is 0 Å². The summed E-state index contributed by atoms with van der Waals surface area (Å²) in [5, 5.41) is 8.27. The fourth-order valence-corrected chi connectivity index (χ4v) is 1.34. The first-order valence-electron chi connectivity index (χ1n) is 7.15. The van der Waals surface area contributed by atoms with Crippen LogP contribution in [0.5, 0.6) is 0 Å². The third-order valence-corrected chi connectivity index (χ3v) is 2.38. The van der Waals surface area contributed by atoms with Crippen molar-refractivity contribution in [3.8, 4) is 0 Å². The summed E-state index contributed by atoms with van der Waals surface area (Å²) >= 11 is 0. The van der Waals surface area contributed by atoms with E-state index in [9.17, 15) is 9.59 Å². The van der Waals surface area contributed by atoms with E-state index in [1.165, 1.54) is 0 Å². The molecule has 0 saturated carbocycles. The summed E-state index contributed by atoms with van der Waals surface area (Å²) in [6.45, 7) is 5.52. The number of carboxylic acid groups (broad SMARTS) is 1. The van der Waals surface area contributed by atoms with Gasteiger partial charge in [-0.25, -0.2) is 14.5 Å². The Bertz CT molecular complexity index is 318. The van der Waals surface area contributed by atoms with Crippen molar-refractivity contribution in [2.75, 3.05) is 26.4 Å². The monoisotopic (exact) mass is 320 g/mol. The van der Waals surface area contributed by atoms with Gasteiger partial charge < -0.3 is 19.3 Å². The van der Waals surface area contributed by atoms with Crippen molar-refractivity contribution in [2.45, 2.75) is 38.9 Å². The third-order valence-electron chi connectivity index (χ3n) is 2.38. The van der Waals surface area contributed by atoms with E-state index in [1.54, 1.807) is 0 Å². The number of carbonyl (C=O) groups is 2. The molecular weight excluding hydrogens is 296 g/mol. The van der Waals surface area contributed by atoms with E-state index in [0.717, 1.165) is 31.8 Å². The summed E-state index contributed by atoms with van der Waals surface area (Å²) in [5.74, 6) is -0.676. The summed E-state index contributed by atoms with van der Waals surface area (Å²) in [6.07, 6.45) is 2.65. The molecule has 0 saturated heterocycles. The summed E-state index contributed by atoms with van der Waals surface area (Å²) in [5.41, 5.74) is 0. The predicted molar refractivity (Wildman–Crippen MR) is 76.1 cm³/mol. The third kappa shape index (κ3) is 13.3. The Balaban J connectivity index is 3.86. The van der Waals surface area contributed by atoms with Crippen LogP contribution < -0.4 is 0 Å². The van der Waals surface area contributed by atoms with Gasteiger partial charge in [-0.15, -0.1) is 0 Å². The first kappa shape index (κ1) is 20.4. The minimum absolute atomic E-state index is 0.00823. The molecule has 0 aliphatic heterocycles.